The standard InChI is InChI=1S/C28H29FN4O4/c29-21-8-4-19(5-9-21)18-30-27(35)23-17-22(31-26(34)20-6-7-20)10-11-24(23)32-12-2-13-33(15-14-32)28(36)25-3-1-16-37-25/h1,3-5,8-11,16-17,20H,2,6-7,12-15,18H2,(H,30,35)(H,31,34). The summed E-state index contributed by atoms with van der Waals surface area (Å²) in [4.78, 5) is 42.3. The third kappa shape index (κ3) is 5.99. The fourth-order valence-corrected chi connectivity index (χ4v) is 4.46. The van der Waals surface area contributed by atoms with Crippen LogP contribution in [-0.4, -0.2) is 48.8 Å². The number of furan rings is 1. The molecule has 192 valence electrons. The first-order valence-corrected chi connectivity index (χ1v) is 12.5. The van der Waals surface area contributed by atoms with Crippen LogP contribution in [0.1, 0.15) is 45.7 Å². The molecule has 1 aliphatic carbocycles. The van der Waals surface area contributed by atoms with Crippen LogP contribution >= 0.6 is 0 Å². The molecule has 2 N–H and O–H groups in total. The Hall–Kier alpha value is -4.14. The van der Waals surface area contributed by atoms with Gasteiger partial charge in [0.2, 0.25) is 5.91 Å². The first-order chi connectivity index (χ1) is 18.0. The molecule has 1 aromatic heterocycles. The molecule has 3 aromatic rings. The number of amides is 3. The number of benzene rings is 2. The largest absolute Gasteiger partial charge is 0.459 e. The Morgan fingerprint density at radius 1 is 0.973 bits per heavy atom. The number of carbonyl (C=O) groups is 3. The molecule has 3 amide bonds. The molecule has 9 heteroatoms. The molecule has 2 aliphatic rings. The minimum absolute atomic E-state index is 0.0349. The first-order valence-electron chi connectivity index (χ1n) is 12.5. The number of nitrogens with zero attached hydrogens (tertiary/aromatic N) is 2. The average molecular weight is 505 g/mol. The van der Waals surface area contributed by atoms with Gasteiger partial charge in [0.05, 0.1) is 11.8 Å². The van der Waals surface area contributed by atoms with E-state index in [-0.39, 0.29) is 36.0 Å². The van der Waals surface area contributed by atoms with E-state index in [1.165, 1.54) is 18.4 Å². The normalized spacial score (nSPS) is 15.7. The van der Waals surface area contributed by atoms with Gasteiger partial charge in [-0.2, -0.15) is 0 Å². The number of rotatable bonds is 7. The highest BCUT2D eigenvalue weighted by Gasteiger charge is 2.30. The maximum Gasteiger partial charge on any atom is 0.289 e. The van der Waals surface area contributed by atoms with Crippen LogP contribution in [0.4, 0.5) is 15.8 Å². The van der Waals surface area contributed by atoms with Crippen molar-refractivity contribution in [2.24, 2.45) is 5.92 Å². The zero-order chi connectivity index (χ0) is 25.8. The third-order valence-corrected chi connectivity index (χ3v) is 6.68. The summed E-state index contributed by atoms with van der Waals surface area (Å²) in [6, 6.07) is 14.7. The summed E-state index contributed by atoms with van der Waals surface area (Å²) in [6.07, 6.45) is 3.98. The Balaban J connectivity index is 1.34. The van der Waals surface area contributed by atoms with E-state index >= 15 is 0 Å². The summed E-state index contributed by atoms with van der Waals surface area (Å²) in [7, 11) is 0. The number of nitrogens with one attached hydrogen (secondary N) is 2. The van der Waals surface area contributed by atoms with Crippen LogP contribution in [-0.2, 0) is 11.3 Å². The quantitative estimate of drug-likeness (QED) is 0.506. The van der Waals surface area contributed by atoms with Crippen LogP contribution in [0.5, 0.6) is 0 Å². The molecule has 1 aliphatic heterocycles. The molecule has 0 bridgehead atoms. The Morgan fingerprint density at radius 2 is 1.78 bits per heavy atom. The molecule has 2 fully saturated rings. The molecule has 0 radical (unpaired) electrons. The van der Waals surface area contributed by atoms with E-state index in [9.17, 15) is 18.8 Å². The van der Waals surface area contributed by atoms with E-state index in [1.54, 1.807) is 35.2 Å². The van der Waals surface area contributed by atoms with Gasteiger partial charge < -0.3 is 24.9 Å². The molecular weight excluding hydrogens is 475 g/mol. The molecule has 2 heterocycles. The minimum atomic E-state index is -0.336. The van der Waals surface area contributed by atoms with Gasteiger partial charge in [0.25, 0.3) is 11.8 Å². The van der Waals surface area contributed by atoms with Crippen molar-refractivity contribution in [2.45, 2.75) is 25.8 Å². The lowest BCUT2D eigenvalue weighted by molar-refractivity contribution is -0.117. The van der Waals surface area contributed by atoms with Crippen molar-refractivity contribution in [1.82, 2.24) is 10.2 Å². The number of hydrogen-bond donors (Lipinski definition) is 2. The van der Waals surface area contributed by atoms with Crippen molar-refractivity contribution in [3.05, 3.63) is 83.6 Å². The van der Waals surface area contributed by atoms with Gasteiger partial charge in [0, 0.05) is 50.0 Å². The van der Waals surface area contributed by atoms with Crippen molar-refractivity contribution in [3.63, 3.8) is 0 Å². The predicted octanol–water partition coefficient (Wildman–Crippen LogP) is 4.05. The molecule has 1 saturated heterocycles. The SMILES string of the molecule is O=C(NCc1ccc(F)cc1)c1cc(NC(=O)C2CC2)ccc1N1CCCN(C(=O)c2ccco2)CC1. The number of carbonyl (C=O) groups excluding carboxylic acids is 3. The van der Waals surface area contributed by atoms with Crippen LogP contribution < -0.4 is 15.5 Å². The highest BCUT2D eigenvalue weighted by atomic mass is 19.1. The first kappa shape index (κ1) is 24.5. The summed E-state index contributed by atoms with van der Waals surface area (Å²) >= 11 is 0. The van der Waals surface area contributed by atoms with Gasteiger partial charge in [-0.25, -0.2) is 4.39 Å². The number of halogens is 1. The lowest BCUT2D eigenvalue weighted by atomic mass is 10.1. The molecule has 5 rings (SSSR count). The van der Waals surface area contributed by atoms with Gasteiger partial charge in [0.1, 0.15) is 5.82 Å². The molecule has 8 nitrogen and oxygen atoms in total. The van der Waals surface area contributed by atoms with Gasteiger partial charge >= 0.3 is 0 Å². The summed E-state index contributed by atoms with van der Waals surface area (Å²) < 4.78 is 18.5. The van der Waals surface area contributed by atoms with E-state index in [0.717, 1.165) is 30.5 Å². The van der Waals surface area contributed by atoms with Gasteiger partial charge in [-0.05, 0) is 67.3 Å². The van der Waals surface area contributed by atoms with Gasteiger partial charge in [0.15, 0.2) is 5.76 Å². The number of anilines is 2. The van der Waals surface area contributed by atoms with Gasteiger partial charge in [-0.3, -0.25) is 14.4 Å². The summed E-state index contributed by atoms with van der Waals surface area (Å²) in [5.41, 5.74) is 2.50. The van der Waals surface area contributed by atoms with E-state index in [1.807, 2.05) is 12.1 Å². The molecule has 0 atom stereocenters. The molecule has 0 unspecified atom stereocenters. The van der Waals surface area contributed by atoms with Crippen LogP contribution in [0, 0.1) is 11.7 Å². The Morgan fingerprint density at radius 3 is 2.51 bits per heavy atom. The van der Waals surface area contributed by atoms with E-state index < -0.39 is 0 Å². The lowest BCUT2D eigenvalue weighted by Crippen LogP contribution is -2.35. The van der Waals surface area contributed by atoms with Crippen molar-refractivity contribution in [1.29, 1.82) is 0 Å². The van der Waals surface area contributed by atoms with Crippen LogP contribution in [0.25, 0.3) is 0 Å². The van der Waals surface area contributed by atoms with Crippen LogP contribution in [0.2, 0.25) is 0 Å². The van der Waals surface area contributed by atoms with Crippen molar-refractivity contribution in [2.75, 3.05) is 36.4 Å². The van der Waals surface area contributed by atoms with Crippen molar-refractivity contribution >= 4 is 29.1 Å². The second kappa shape index (κ2) is 10.9. The van der Waals surface area contributed by atoms with Crippen molar-refractivity contribution < 1.29 is 23.2 Å². The Kier molecular flexibility index (Phi) is 7.20. The Bertz CT molecular complexity index is 1270. The third-order valence-electron chi connectivity index (χ3n) is 6.68. The lowest BCUT2D eigenvalue weighted by Gasteiger charge is -2.26. The molecule has 0 spiro atoms. The summed E-state index contributed by atoms with van der Waals surface area (Å²) in [6.45, 7) is 2.50. The average Bonchev–Trinajstić information content (AvgIpc) is 3.67. The predicted molar refractivity (Wildman–Crippen MR) is 137 cm³/mol. The second-order valence-electron chi connectivity index (χ2n) is 9.41. The highest BCUT2D eigenvalue weighted by Crippen LogP contribution is 2.31. The Labute approximate surface area is 214 Å². The zero-order valence-electron chi connectivity index (χ0n) is 20.4. The fraction of sp³-hybridized carbons (Fsp3) is 0.321. The van der Waals surface area contributed by atoms with Crippen LogP contribution in [0.15, 0.2) is 65.3 Å². The number of hydrogen-bond acceptors (Lipinski definition) is 5. The topological polar surface area (TPSA) is 94.9 Å². The molecule has 2 aromatic carbocycles. The van der Waals surface area contributed by atoms with Crippen LogP contribution in [0.3, 0.4) is 0 Å². The van der Waals surface area contributed by atoms with E-state index in [4.69, 9.17) is 4.42 Å². The molecular formula is C28H29FN4O4. The van der Waals surface area contributed by atoms with E-state index in [0.29, 0.717) is 43.2 Å². The van der Waals surface area contributed by atoms with Gasteiger partial charge in [-0.1, -0.05) is 12.1 Å². The zero-order valence-corrected chi connectivity index (χ0v) is 20.4. The summed E-state index contributed by atoms with van der Waals surface area (Å²) in [5.74, 6) is -0.467. The maximum absolute atomic E-state index is 13.3. The maximum atomic E-state index is 13.3. The molecule has 37 heavy (non-hydrogen) atoms. The minimum Gasteiger partial charge on any atom is -0.459 e. The summed E-state index contributed by atoms with van der Waals surface area (Å²) in [5, 5.41) is 5.83. The van der Waals surface area contributed by atoms with Gasteiger partial charge in [-0.15, -0.1) is 0 Å². The highest BCUT2D eigenvalue weighted by molar-refractivity contribution is 6.02. The molecule has 1 saturated carbocycles. The van der Waals surface area contributed by atoms with E-state index in [2.05, 4.69) is 15.5 Å². The monoisotopic (exact) mass is 504 g/mol. The van der Waals surface area contributed by atoms with Crippen molar-refractivity contribution in [3.8, 4) is 0 Å². The fourth-order valence-electron chi connectivity index (χ4n) is 4.46. The second-order valence-corrected chi connectivity index (χ2v) is 9.41. The smallest absolute Gasteiger partial charge is 0.289 e.